The van der Waals surface area contributed by atoms with E-state index in [9.17, 15) is 22.8 Å². The third kappa shape index (κ3) is 4.38. The number of hydrogen-bond donors (Lipinski definition) is 0. The first-order valence-corrected chi connectivity index (χ1v) is 10.8. The molecule has 0 spiro atoms. The number of carbonyl (C=O) groups is 2. The molecule has 1 aliphatic heterocycles. The van der Waals surface area contributed by atoms with Gasteiger partial charge < -0.3 is 4.74 Å². The van der Waals surface area contributed by atoms with Gasteiger partial charge in [-0.2, -0.15) is 13.2 Å². The Morgan fingerprint density at radius 2 is 1.79 bits per heavy atom. The second-order valence-corrected chi connectivity index (χ2v) is 9.17. The van der Waals surface area contributed by atoms with E-state index in [0.717, 1.165) is 0 Å². The summed E-state index contributed by atoms with van der Waals surface area (Å²) in [7, 11) is 0. The maximum atomic E-state index is 13.8. The number of halogens is 3. The molecule has 0 radical (unpaired) electrons. The maximum Gasteiger partial charge on any atom is 0.471 e. The Kier molecular flexibility index (Phi) is 5.80. The van der Waals surface area contributed by atoms with Gasteiger partial charge in [-0.15, -0.1) is 0 Å². The average Bonchev–Trinajstić information content (AvgIpc) is 2.86. The van der Waals surface area contributed by atoms with Gasteiger partial charge in [-0.25, -0.2) is 0 Å². The van der Waals surface area contributed by atoms with Gasteiger partial charge in [0.25, 0.3) is 0 Å². The van der Waals surface area contributed by atoms with Crippen molar-refractivity contribution in [3.8, 4) is 5.75 Å². The van der Waals surface area contributed by atoms with Crippen molar-refractivity contribution in [3.63, 3.8) is 0 Å². The van der Waals surface area contributed by atoms with Crippen LogP contribution < -0.4 is 9.64 Å². The van der Waals surface area contributed by atoms with Crippen LogP contribution in [0.2, 0.25) is 0 Å². The summed E-state index contributed by atoms with van der Waals surface area (Å²) in [5.41, 5.74) is 0.812. The van der Waals surface area contributed by atoms with E-state index in [2.05, 4.69) is 4.99 Å². The molecule has 1 saturated carbocycles. The summed E-state index contributed by atoms with van der Waals surface area (Å²) >= 11 is 0. The van der Waals surface area contributed by atoms with E-state index < -0.39 is 24.0 Å². The molecule has 5 nitrogen and oxygen atoms in total. The van der Waals surface area contributed by atoms with Crippen LogP contribution in [0.5, 0.6) is 5.75 Å². The normalized spacial score (nSPS) is 22.1. The Morgan fingerprint density at radius 1 is 1.12 bits per heavy atom. The number of anilines is 1. The molecule has 1 heterocycles. The summed E-state index contributed by atoms with van der Waals surface area (Å²) < 4.78 is 46.9. The number of ketones is 1. The summed E-state index contributed by atoms with van der Waals surface area (Å²) in [4.78, 5) is 31.6. The highest BCUT2D eigenvalue weighted by atomic mass is 19.4. The van der Waals surface area contributed by atoms with Crippen LogP contribution in [0.1, 0.15) is 45.2 Å². The first kappa shape index (κ1) is 23.0. The molecule has 1 amide bonds. The number of rotatable bonds is 3. The van der Waals surface area contributed by atoms with Gasteiger partial charge in [-0.1, -0.05) is 38.1 Å². The first-order chi connectivity index (χ1) is 15.5. The van der Waals surface area contributed by atoms with Crippen molar-refractivity contribution in [2.75, 3.05) is 11.5 Å². The molecule has 2 aliphatic rings. The molecule has 8 heteroatoms. The Morgan fingerprint density at radius 3 is 2.42 bits per heavy atom. The standard InChI is InChI=1S/C25H25F3N2O3/c1-4-33-16-11-9-15(10-12-16)22-21-18(13-24(2,3)14-20(21)31)29-17-7-5-6-8-19(17)30(22)23(32)25(26,27)28/h5-12,21-22H,4,13-14H2,1-3H3. The zero-order valence-electron chi connectivity index (χ0n) is 18.6. The Bertz CT molecular complexity index is 1110. The molecule has 4 rings (SSSR count). The largest absolute Gasteiger partial charge is 0.494 e. The number of hydrogen-bond acceptors (Lipinski definition) is 4. The highest BCUT2D eigenvalue weighted by molar-refractivity contribution is 6.13. The predicted octanol–water partition coefficient (Wildman–Crippen LogP) is 5.81. The third-order valence-corrected chi connectivity index (χ3v) is 6.01. The summed E-state index contributed by atoms with van der Waals surface area (Å²) in [5.74, 6) is -2.68. The van der Waals surface area contributed by atoms with Gasteiger partial charge in [0.1, 0.15) is 11.5 Å². The quantitative estimate of drug-likeness (QED) is 0.583. The number of para-hydroxylation sites is 2. The van der Waals surface area contributed by atoms with E-state index in [1.807, 2.05) is 20.8 Å². The van der Waals surface area contributed by atoms with Gasteiger partial charge in [0.15, 0.2) is 0 Å². The Labute approximate surface area is 190 Å². The van der Waals surface area contributed by atoms with Gasteiger partial charge >= 0.3 is 12.1 Å². The van der Waals surface area contributed by atoms with E-state index in [-0.39, 0.29) is 29.0 Å². The monoisotopic (exact) mass is 458 g/mol. The summed E-state index contributed by atoms with van der Waals surface area (Å²) in [6.07, 6.45) is -4.49. The second kappa shape index (κ2) is 8.32. The van der Waals surface area contributed by atoms with E-state index in [1.54, 1.807) is 42.5 Å². The number of aliphatic imine (C=N–C) groups is 1. The van der Waals surface area contributed by atoms with Crippen LogP contribution in [-0.2, 0) is 9.59 Å². The fourth-order valence-corrected chi connectivity index (χ4v) is 4.76. The van der Waals surface area contributed by atoms with Crippen molar-refractivity contribution in [2.24, 2.45) is 16.3 Å². The minimum absolute atomic E-state index is 0.0335. The zero-order chi connectivity index (χ0) is 24.0. The minimum atomic E-state index is -5.13. The fraction of sp³-hybridized carbons (Fsp3) is 0.400. The predicted molar refractivity (Wildman–Crippen MR) is 119 cm³/mol. The fourth-order valence-electron chi connectivity index (χ4n) is 4.76. The van der Waals surface area contributed by atoms with Crippen LogP contribution >= 0.6 is 0 Å². The molecule has 1 aliphatic carbocycles. The summed E-state index contributed by atoms with van der Waals surface area (Å²) in [5, 5.41) is 0. The van der Waals surface area contributed by atoms with Crippen molar-refractivity contribution in [1.82, 2.24) is 0 Å². The van der Waals surface area contributed by atoms with Crippen LogP contribution in [0.25, 0.3) is 0 Å². The van der Waals surface area contributed by atoms with Crippen LogP contribution in [0.3, 0.4) is 0 Å². The maximum absolute atomic E-state index is 13.8. The van der Waals surface area contributed by atoms with E-state index in [0.29, 0.717) is 35.0 Å². The van der Waals surface area contributed by atoms with Crippen LogP contribution in [-0.4, -0.2) is 30.2 Å². The lowest BCUT2D eigenvalue weighted by Gasteiger charge is -2.41. The number of amides is 1. The molecule has 174 valence electrons. The molecule has 1 fully saturated rings. The summed E-state index contributed by atoms with van der Waals surface area (Å²) in [6.45, 7) is 6.13. The molecule has 2 aromatic rings. The minimum Gasteiger partial charge on any atom is -0.494 e. The van der Waals surface area contributed by atoms with Gasteiger partial charge in [-0.3, -0.25) is 19.5 Å². The van der Waals surface area contributed by atoms with Crippen LogP contribution in [0, 0.1) is 11.3 Å². The topological polar surface area (TPSA) is 59.0 Å². The lowest BCUT2D eigenvalue weighted by atomic mass is 9.68. The van der Waals surface area contributed by atoms with Crippen molar-refractivity contribution < 1.29 is 27.5 Å². The molecule has 0 saturated heterocycles. The molecular formula is C25H25F3N2O3. The molecule has 0 aromatic heterocycles. The van der Waals surface area contributed by atoms with Crippen LogP contribution in [0.4, 0.5) is 24.5 Å². The second-order valence-electron chi connectivity index (χ2n) is 9.17. The molecule has 0 bridgehead atoms. The van der Waals surface area contributed by atoms with Gasteiger partial charge in [0.05, 0.1) is 29.9 Å². The van der Waals surface area contributed by atoms with Crippen molar-refractivity contribution in [2.45, 2.75) is 45.8 Å². The highest BCUT2D eigenvalue weighted by Gasteiger charge is 2.52. The van der Waals surface area contributed by atoms with E-state index in [1.165, 1.54) is 6.07 Å². The Balaban J connectivity index is 1.96. The number of nitrogens with zero attached hydrogens (tertiary/aromatic N) is 2. The number of benzene rings is 2. The molecule has 2 atom stereocenters. The third-order valence-electron chi connectivity index (χ3n) is 6.01. The molecule has 0 N–H and O–H groups in total. The molecular weight excluding hydrogens is 433 g/mol. The smallest absolute Gasteiger partial charge is 0.471 e. The Hall–Kier alpha value is -3.16. The van der Waals surface area contributed by atoms with Crippen molar-refractivity contribution >= 4 is 28.8 Å². The van der Waals surface area contributed by atoms with E-state index >= 15 is 0 Å². The van der Waals surface area contributed by atoms with Crippen LogP contribution in [0.15, 0.2) is 53.5 Å². The van der Waals surface area contributed by atoms with Crippen molar-refractivity contribution in [3.05, 3.63) is 54.1 Å². The number of carbonyl (C=O) groups excluding carboxylic acids is 2. The number of alkyl halides is 3. The lowest BCUT2D eigenvalue weighted by Crippen LogP contribution is -2.50. The van der Waals surface area contributed by atoms with E-state index in [4.69, 9.17) is 4.74 Å². The van der Waals surface area contributed by atoms with Gasteiger partial charge in [0.2, 0.25) is 0 Å². The molecule has 2 unspecified atom stereocenters. The first-order valence-electron chi connectivity index (χ1n) is 10.8. The molecule has 2 aromatic carbocycles. The average molecular weight is 458 g/mol. The number of ether oxygens (including phenoxy) is 1. The molecule has 33 heavy (non-hydrogen) atoms. The highest BCUT2D eigenvalue weighted by Crippen LogP contribution is 2.49. The number of fused-ring (bicyclic) bond motifs is 2. The summed E-state index contributed by atoms with van der Waals surface area (Å²) in [6, 6.07) is 11.6. The van der Waals surface area contributed by atoms with Gasteiger partial charge in [0, 0.05) is 12.1 Å². The number of Topliss-reactive ketones (excluding diaryl/α,β-unsaturated/α-hetero) is 1. The van der Waals surface area contributed by atoms with Gasteiger partial charge in [-0.05, 0) is 48.6 Å². The zero-order valence-corrected chi connectivity index (χ0v) is 18.6. The SMILES string of the molecule is CCOc1ccc(C2C3C(=O)CC(C)(C)CC3=Nc3ccccc3N2C(=O)C(F)(F)F)cc1. The lowest BCUT2D eigenvalue weighted by molar-refractivity contribution is -0.171. The van der Waals surface area contributed by atoms with Crippen molar-refractivity contribution in [1.29, 1.82) is 0 Å².